The van der Waals surface area contributed by atoms with Crippen LogP contribution in [-0.4, -0.2) is 29.7 Å². The average Bonchev–Trinajstić information content (AvgIpc) is 2.40. The van der Waals surface area contributed by atoms with Crippen LogP contribution in [0.1, 0.15) is 31.2 Å². The standard InChI is InChI=1S/C15H23Cl2N/c16-10-6-1-2-7-12-18(13-11-17)14-15-8-4-3-5-9-15/h3-5,8-9H,1-2,6-7,10-14H2. The van der Waals surface area contributed by atoms with Crippen LogP contribution in [0.5, 0.6) is 0 Å². The van der Waals surface area contributed by atoms with Gasteiger partial charge in [-0.15, -0.1) is 23.2 Å². The van der Waals surface area contributed by atoms with Gasteiger partial charge in [0.2, 0.25) is 0 Å². The van der Waals surface area contributed by atoms with E-state index >= 15 is 0 Å². The Morgan fingerprint density at radius 1 is 0.778 bits per heavy atom. The molecule has 0 saturated carbocycles. The molecule has 0 N–H and O–H groups in total. The Hall–Kier alpha value is -0.240. The lowest BCUT2D eigenvalue weighted by Gasteiger charge is -2.21. The summed E-state index contributed by atoms with van der Waals surface area (Å²) in [5, 5.41) is 0. The summed E-state index contributed by atoms with van der Waals surface area (Å²) in [6, 6.07) is 10.6. The van der Waals surface area contributed by atoms with Crippen LogP contribution in [0.4, 0.5) is 0 Å². The van der Waals surface area contributed by atoms with Crippen molar-refractivity contribution in [2.75, 3.05) is 24.8 Å². The molecular formula is C15H23Cl2N. The van der Waals surface area contributed by atoms with Crippen LogP contribution >= 0.6 is 23.2 Å². The third-order valence-corrected chi connectivity index (χ3v) is 3.44. The maximum Gasteiger partial charge on any atom is 0.0351 e. The fraction of sp³-hybridized carbons (Fsp3) is 0.600. The van der Waals surface area contributed by atoms with Crippen molar-refractivity contribution in [2.24, 2.45) is 0 Å². The van der Waals surface area contributed by atoms with Gasteiger partial charge in [0.05, 0.1) is 0 Å². The highest BCUT2D eigenvalue weighted by Gasteiger charge is 2.04. The topological polar surface area (TPSA) is 3.24 Å². The van der Waals surface area contributed by atoms with Gasteiger partial charge >= 0.3 is 0 Å². The van der Waals surface area contributed by atoms with E-state index in [1.165, 1.54) is 24.8 Å². The van der Waals surface area contributed by atoms with Crippen LogP contribution in [0.3, 0.4) is 0 Å². The van der Waals surface area contributed by atoms with Crippen LogP contribution < -0.4 is 0 Å². The molecule has 0 bridgehead atoms. The van der Waals surface area contributed by atoms with Crippen molar-refractivity contribution in [1.29, 1.82) is 0 Å². The fourth-order valence-corrected chi connectivity index (χ4v) is 2.44. The molecule has 1 rings (SSSR count). The minimum atomic E-state index is 0.703. The molecule has 0 radical (unpaired) electrons. The summed E-state index contributed by atoms with van der Waals surface area (Å²) in [6.45, 7) is 3.10. The molecule has 0 aliphatic rings. The predicted octanol–water partition coefficient (Wildman–Crippen LogP) is 4.53. The van der Waals surface area contributed by atoms with Gasteiger partial charge in [0.15, 0.2) is 0 Å². The molecule has 1 nitrogen and oxygen atoms in total. The molecule has 0 aromatic heterocycles. The highest BCUT2D eigenvalue weighted by atomic mass is 35.5. The zero-order chi connectivity index (χ0) is 13.1. The van der Waals surface area contributed by atoms with Gasteiger partial charge in [-0.2, -0.15) is 0 Å². The van der Waals surface area contributed by atoms with Crippen molar-refractivity contribution < 1.29 is 0 Å². The molecule has 0 aliphatic heterocycles. The Labute approximate surface area is 121 Å². The van der Waals surface area contributed by atoms with Gasteiger partial charge in [-0.25, -0.2) is 0 Å². The normalized spacial score (nSPS) is 11.1. The molecule has 1 aromatic carbocycles. The van der Waals surface area contributed by atoms with Gasteiger partial charge in [-0.05, 0) is 24.9 Å². The van der Waals surface area contributed by atoms with Crippen LogP contribution in [-0.2, 0) is 6.54 Å². The largest absolute Gasteiger partial charge is 0.298 e. The first kappa shape index (κ1) is 15.8. The number of hydrogen-bond donors (Lipinski definition) is 0. The molecule has 0 heterocycles. The SMILES string of the molecule is ClCCCCCCN(CCCl)Cc1ccccc1. The quantitative estimate of drug-likeness (QED) is 0.452. The zero-order valence-corrected chi connectivity index (χ0v) is 12.5. The van der Waals surface area contributed by atoms with Gasteiger partial charge in [0.1, 0.15) is 0 Å². The summed E-state index contributed by atoms with van der Waals surface area (Å²) in [5.74, 6) is 1.49. The highest BCUT2D eigenvalue weighted by molar-refractivity contribution is 6.18. The average molecular weight is 288 g/mol. The lowest BCUT2D eigenvalue weighted by Crippen LogP contribution is -2.26. The third-order valence-electron chi connectivity index (χ3n) is 3.01. The molecule has 0 unspecified atom stereocenters. The zero-order valence-electron chi connectivity index (χ0n) is 11.0. The summed E-state index contributed by atoms with van der Waals surface area (Å²) >= 11 is 11.5. The molecule has 3 heteroatoms. The number of hydrogen-bond acceptors (Lipinski definition) is 1. The molecule has 102 valence electrons. The third kappa shape index (κ3) is 7.25. The molecule has 18 heavy (non-hydrogen) atoms. The first-order chi connectivity index (χ1) is 8.86. The number of halogens is 2. The second-order valence-corrected chi connectivity index (χ2v) is 5.31. The molecule has 0 spiro atoms. The van der Waals surface area contributed by atoms with E-state index in [2.05, 4.69) is 35.2 Å². The van der Waals surface area contributed by atoms with Crippen LogP contribution in [0.15, 0.2) is 30.3 Å². The fourth-order valence-electron chi connectivity index (χ4n) is 2.01. The van der Waals surface area contributed by atoms with Crippen molar-refractivity contribution in [3.63, 3.8) is 0 Å². The molecule has 0 saturated heterocycles. The summed E-state index contributed by atoms with van der Waals surface area (Å²) in [5.41, 5.74) is 1.36. The van der Waals surface area contributed by atoms with Crippen LogP contribution in [0.2, 0.25) is 0 Å². The minimum Gasteiger partial charge on any atom is -0.298 e. The van der Waals surface area contributed by atoms with Crippen molar-refractivity contribution in [3.8, 4) is 0 Å². The highest BCUT2D eigenvalue weighted by Crippen LogP contribution is 2.08. The molecule has 0 amide bonds. The molecular weight excluding hydrogens is 265 g/mol. The minimum absolute atomic E-state index is 0.703. The number of benzene rings is 1. The number of rotatable bonds is 10. The second-order valence-electron chi connectivity index (χ2n) is 4.55. The molecule has 0 aliphatic carbocycles. The van der Waals surface area contributed by atoms with E-state index in [1.807, 2.05) is 0 Å². The Kier molecular flexibility index (Phi) is 9.37. The van der Waals surface area contributed by atoms with E-state index < -0.39 is 0 Å². The smallest absolute Gasteiger partial charge is 0.0351 e. The van der Waals surface area contributed by atoms with Crippen molar-refractivity contribution >= 4 is 23.2 Å². The van der Waals surface area contributed by atoms with E-state index in [-0.39, 0.29) is 0 Å². The van der Waals surface area contributed by atoms with E-state index in [4.69, 9.17) is 23.2 Å². The second kappa shape index (κ2) is 10.7. The molecule has 0 atom stereocenters. The van der Waals surface area contributed by atoms with Gasteiger partial charge < -0.3 is 0 Å². The number of alkyl halides is 2. The summed E-state index contributed by atoms with van der Waals surface area (Å²) in [7, 11) is 0. The van der Waals surface area contributed by atoms with Crippen LogP contribution in [0.25, 0.3) is 0 Å². The molecule has 1 aromatic rings. The Morgan fingerprint density at radius 3 is 2.17 bits per heavy atom. The lowest BCUT2D eigenvalue weighted by molar-refractivity contribution is 0.274. The first-order valence-corrected chi connectivity index (χ1v) is 7.82. The lowest BCUT2D eigenvalue weighted by atomic mass is 10.1. The number of nitrogens with zero attached hydrogens (tertiary/aromatic N) is 1. The van der Waals surface area contributed by atoms with Gasteiger partial charge in [-0.3, -0.25) is 4.90 Å². The Bertz CT molecular complexity index is 290. The van der Waals surface area contributed by atoms with Crippen LogP contribution in [0, 0.1) is 0 Å². The summed E-state index contributed by atoms with van der Waals surface area (Å²) < 4.78 is 0. The van der Waals surface area contributed by atoms with E-state index in [0.29, 0.717) is 5.88 Å². The monoisotopic (exact) mass is 287 g/mol. The Balaban J connectivity index is 2.26. The molecule has 0 fully saturated rings. The first-order valence-electron chi connectivity index (χ1n) is 6.75. The summed E-state index contributed by atoms with van der Waals surface area (Å²) in [6.07, 6.45) is 4.88. The van der Waals surface area contributed by atoms with Crippen molar-refractivity contribution in [3.05, 3.63) is 35.9 Å². The van der Waals surface area contributed by atoms with Gasteiger partial charge in [0.25, 0.3) is 0 Å². The van der Waals surface area contributed by atoms with E-state index in [1.54, 1.807) is 0 Å². The number of unbranched alkanes of at least 4 members (excludes halogenated alkanes) is 3. The van der Waals surface area contributed by atoms with E-state index in [0.717, 1.165) is 31.9 Å². The van der Waals surface area contributed by atoms with Crippen molar-refractivity contribution in [1.82, 2.24) is 4.90 Å². The van der Waals surface area contributed by atoms with Crippen molar-refractivity contribution in [2.45, 2.75) is 32.2 Å². The maximum atomic E-state index is 5.87. The predicted molar refractivity (Wildman–Crippen MR) is 81.6 cm³/mol. The summed E-state index contributed by atoms with van der Waals surface area (Å²) in [4.78, 5) is 2.43. The van der Waals surface area contributed by atoms with E-state index in [9.17, 15) is 0 Å². The Morgan fingerprint density at radius 2 is 1.50 bits per heavy atom. The maximum absolute atomic E-state index is 5.87. The van der Waals surface area contributed by atoms with Gasteiger partial charge in [-0.1, -0.05) is 43.2 Å². The van der Waals surface area contributed by atoms with Gasteiger partial charge in [0, 0.05) is 24.8 Å².